The number of hydrogen-bond acceptors (Lipinski definition) is 1. The van der Waals surface area contributed by atoms with E-state index in [-0.39, 0.29) is 5.82 Å². The number of allylic oxidation sites excluding steroid dienone is 2. The molecule has 0 aliphatic heterocycles. The van der Waals surface area contributed by atoms with E-state index in [2.05, 4.69) is 50.1 Å². The highest BCUT2D eigenvalue weighted by molar-refractivity contribution is 7.80. The first kappa shape index (κ1) is 20.2. The van der Waals surface area contributed by atoms with Crippen molar-refractivity contribution in [3.05, 3.63) is 108 Å². The molecule has 0 radical (unpaired) electrons. The highest BCUT2D eigenvalue weighted by Gasteiger charge is 2.13. The third-order valence-corrected chi connectivity index (χ3v) is 5.09. The van der Waals surface area contributed by atoms with Crippen LogP contribution < -0.4 is 0 Å². The molecule has 0 unspecified atom stereocenters. The van der Waals surface area contributed by atoms with E-state index in [0.29, 0.717) is 11.3 Å². The van der Waals surface area contributed by atoms with Gasteiger partial charge in [-0.15, -0.1) is 13.2 Å². The molecule has 3 aromatic carbocycles. The summed E-state index contributed by atoms with van der Waals surface area (Å²) in [5, 5.41) is 0. The summed E-state index contributed by atoms with van der Waals surface area (Å²) in [6, 6.07) is 19.9. The first-order valence-electron chi connectivity index (χ1n) is 9.50. The fourth-order valence-electron chi connectivity index (χ4n) is 3.41. The topological polar surface area (TPSA) is 0 Å². The Labute approximate surface area is 172 Å². The minimum absolute atomic E-state index is 0.204. The Kier molecular flexibility index (Phi) is 6.89. The van der Waals surface area contributed by atoms with Crippen LogP contribution in [0.1, 0.15) is 16.7 Å². The molecule has 0 aromatic heterocycles. The summed E-state index contributed by atoms with van der Waals surface area (Å²) >= 11 is 4.41. The lowest BCUT2D eigenvalue weighted by molar-refractivity contribution is 0.631. The molecule has 142 valence electrons. The summed E-state index contributed by atoms with van der Waals surface area (Å²) in [6.45, 7) is 7.54. The van der Waals surface area contributed by atoms with E-state index < -0.39 is 0 Å². The lowest BCUT2D eigenvalue weighted by Crippen LogP contribution is -1.96. The molecule has 28 heavy (non-hydrogen) atoms. The molecule has 3 rings (SSSR count). The van der Waals surface area contributed by atoms with Gasteiger partial charge >= 0.3 is 0 Å². The summed E-state index contributed by atoms with van der Waals surface area (Å²) in [5.41, 5.74) is 6.96. The highest BCUT2D eigenvalue weighted by Crippen LogP contribution is 2.32. The molecule has 0 nitrogen and oxygen atoms in total. The minimum atomic E-state index is -0.204. The molecule has 0 bridgehead atoms. The van der Waals surface area contributed by atoms with Crippen molar-refractivity contribution in [1.82, 2.24) is 0 Å². The summed E-state index contributed by atoms with van der Waals surface area (Å²) in [7, 11) is 0. The van der Waals surface area contributed by atoms with Crippen LogP contribution in [-0.2, 0) is 19.3 Å². The van der Waals surface area contributed by atoms with Gasteiger partial charge in [-0.25, -0.2) is 4.39 Å². The van der Waals surface area contributed by atoms with Gasteiger partial charge in [0.1, 0.15) is 5.82 Å². The zero-order valence-electron chi connectivity index (χ0n) is 16.0. The van der Waals surface area contributed by atoms with Gasteiger partial charge < -0.3 is 0 Å². The molecule has 0 spiro atoms. The van der Waals surface area contributed by atoms with Crippen LogP contribution in [0.4, 0.5) is 4.39 Å². The van der Waals surface area contributed by atoms with E-state index >= 15 is 4.39 Å². The van der Waals surface area contributed by atoms with Gasteiger partial charge in [0.25, 0.3) is 0 Å². The van der Waals surface area contributed by atoms with Gasteiger partial charge in [-0.1, -0.05) is 60.7 Å². The quantitative estimate of drug-likeness (QED) is 0.309. The Balaban J connectivity index is 2.01. The van der Waals surface area contributed by atoms with Crippen LogP contribution in [0.2, 0.25) is 0 Å². The smallest absolute Gasteiger partial charge is 0.131 e. The average molecular weight is 389 g/mol. The normalized spacial score (nSPS) is 10.6. The summed E-state index contributed by atoms with van der Waals surface area (Å²) in [5.74, 6) is 0.509. The van der Waals surface area contributed by atoms with Gasteiger partial charge in [-0.05, 0) is 70.5 Å². The Morgan fingerprint density at radius 3 is 1.71 bits per heavy atom. The van der Waals surface area contributed by atoms with Crippen LogP contribution in [0, 0.1) is 5.82 Å². The molecule has 2 heteroatoms. The van der Waals surface area contributed by atoms with Crippen LogP contribution in [0.5, 0.6) is 0 Å². The predicted octanol–water partition coefficient (Wildman–Crippen LogP) is 7.09. The Morgan fingerprint density at radius 2 is 1.25 bits per heavy atom. The van der Waals surface area contributed by atoms with Crippen molar-refractivity contribution >= 4 is 12.6 Å². The maximum absolute atomic E-state index is 15.0. The molecule has 0 heterocycles. The van der Waals surface area contributed by atoms with Crippen LogP contribution in [0.15, 0.2) is 86.0 Å². The second kappa shape index (κ2) is 9.57. The largest absolute Gasteiger partial charge is 0.206 e. The van der Waals surface area contributed by atoms with E-state index in [0.717, 1.165) is 41.5 Å². The van der Waals surface area contributed by atoms with Gasteiger partial charge in [-0.2, -0.15) is 12.6 Å². The molecule has 0 aliphatic rings. The fourth-order valence-corrected chi connectivity index (χ4v) is 3.65. The van der Waals surface area contributed by atoms with Crippen LogP contribution in [0.25, 0.3) is 22.3 Å². The zero-order chi connectivity index (χ0) is 19.9. The van der Waals surface area contributed by atoms with Gasteiger partial charge in [0.15, 0.2) is 0 Å². The molecular weight excluding hydrogens is 363 g/mol. The molecule has 0 saturated heterocycles. The number of rotatable bonds is 8. The standard InChI is InChI=1S/C26H25FS/c1-3-5-19-7-11-21(12-8-19)24-18-26(27)25(17-23(24)15-16-28)22-13-9-20(6-4-2)10-14-22/h3-4,7-14,17-18,28H,1-2,5-6,15-16H2. The lowest BCUT2D eigenvalue weighted by atomic mass is 9.92. The Morgan fingerprint density at radius 1 is 0.750 bits per heavy atom. The summed E-state index contributed by atoms with van der Waals surface area (Å²) in [6.07, 6.45) is 6.19. The highest BCUT2D eigenvalue weighted by atomic mass is 32.1. The third kappa shape index (κ3) is 4.63. The molecule has 0 amide bonds. The summed E-state index contributed by atoms with van der Waals surface area (Å²) in [4.78, 5) is 0. The van der Waals surface area contributed by atoms with Crippen molar-refractivity contribution in [3.63, 3.8) is 0 Å². The van der Waals surface area contributed by atoms with Crippen molar-refractivity contribution in [2.24, 2.45) is 0 Å². The number of aryl methyl sites for hydroxylation is 1. The second-order valence-electron chi connectivity index (χ2n) is 6.84. The molecular formula is C26H25FS. The summed E-state index contributed by atoms with van der Waals surface area (Å²) < 4.78 is 15.0. The van der Waals surface area contributed by atoms with E-state index in [1.165, 1.54) is 11.1 Å². The molecule has 0 N–H and O–H groups in total. The van der Waals surface area contributed by atoms with Gasteiger partial charge in [0.05, 0.1) is 0 Å². The third-order valence-electron chi connectivity index (χ3n) is 4.86. The zero-order valence-corrected chi connectivity index (χ0v) is 16.9. The van der Waals surface area contributed by atoms with E-state index in [9.17, 15) is 0 Å². The van der Waals surface area contributed by atoms with Crippen LogP contribution >= 0.6 is 12.6 Å². The monoisotopic (exact) mass is 388 g/mol. The number of thiol groups is 1. The number of halogens is 1. The molecule has 0 atom stereocenters. The average Bonchev–Trinajstić information content (AvgIpc) is 2.71. The first-order valence-corrected chi connectivity index (χ1v) is 10.1. The fraction of sp³-hybridized carbons (Fsp3) is 0.154. The molecule has 0 saturated carbocycles. The van der Waals surface area contributed by atoms with Gasteiger partial charge in [0.2, 0.25) is 0 Å². The van der Waals surface area contributed by atoms with E-state index in [1.807, 2.05) is 42.5 Å². The van der Waals surface area contributed by atoms with Crippen molar-refractivity contribution in [2.45, 2.75) is 19.3 Å². The van der Waals surface area contributed by atoms with Crippen LogP contribution in [-0.4, -0.2) is 5.75 Å². The minimum Gasteiger partial charge on any atom is -0.206 e. The van der Waals surface area contributed by atoms with Crippen LogP contribution in [0.3, 0.4) is 0 Å². The lowest BCUT2D eigenvalue weighted by Gasteiger charge is -2.14. The predicted molar refractivity (Wildman–Crippen MR) is 123 cm³/mol. The van der Waals surface area contributed by atoms with Crippen molar-refractivity contribution in [2.75, 3.05) is 5.75 Å². The second-order valence-corrected chi connectivity index (χ2v) is 7.29. The van der Waals surface area contributed by atoms with Gasteiger partial charge in [-0.3, -0.25) is 0 Å². The molecule has 3 aromatic rings. The van der Waals surface area contributed by atoms with E-state index in [4.69, 9.17) is 0 Å². The van der Waals surface area contributed by atoms with Crippen molar-refractivity contribution in [1.29, 1.82) is 0 Å². The number of benzene rings is 3. The SMILES string of the molecule is C=CCc1ccc(-c2cc(CCS)c(-c3ccc(CC=C)cc3)cc2F)cc1. The van der Waals surface area contributed by atoms with Crippen molar-refractivity contribution < 1.29 is 4.39 Å². The maximum Gasteiger partial charge on any atom is 0.131 e. The molecule has 0 fully saturated rings. The van der Waals surface area contributed by atoms with E-state index in [1.54, 1.807) is 6.07 Å². The Hall–Kier alpha value is -2.58. The van der Waals surface area contributed by atoms with Gasteiger partial charge in [0, 0.05) is 5.56 Å². The Bertz CT molecular complexity index is 953. The first-order chi connectivity index (χ1) is 13.7. The molecule has 0 aliphatic carbocycles. The van der Waals surface area contributed by atoms with Crippen molar-refractivity contribution in [3.8, 4) is 22.3 Å². The number of hydrogen-bond donors (Lipinski definition) is 1. The maximum atomic E-state index is 15.0.